The molecule has 6 nitrogen and oxygen atoms in total. The summed E-state index contributed by atoms with van der Waals surface area (Å²) in [5.41, 5.74) is 34.9. The van der Waals surface area contributed by atoms with Crippen molar-refractivity contribution < 1.29 is 0 Å². The highest BCUT2D eigenvalue weighted by atomic mass is 15.0. The van der Waals surface area contributed by atoms with E-state index in [1.54, 1.807) is 0 Å². The number of para-hydroxylation sites is 3. The highest BCUT2D eigenvalue weighted by Gasteiger charge is 2.26. The summed E-state index contributed by atoms with van der Waals surface area (Å²) in [7, 11) is 0. The van der Waals surface area contributed by atoms with Crippen molar-refractivity contribution in [2.24, 2.45) is 0 Å². The van der Waals surface area contributed by atoms with Gasteiger partial charge in [-0.1, -0.05) is 343 Å². The van der Waals surface area contributed by atoms with E-state index >= 15 is 0 Å². The highest BCUT2D eigenvalue weighted by Crippen LogP contribution is 2.45. The molecule has 0 saturated carbocycles. The van der Waals surface area contributed by atoms with Crippen molar-refractivity contribution in [2.45, 2.75) is 238 Å². The van der Waals surface area contributed by atoms with Gasteiger partial charge in [0, 0.05) is 167 Å². The van der Waals surface area contributed by atoms with Gasteiger partial charge < -0.3 is 27.4 Å². The molecular formula is C136H144N6. The van der Waals surface area contributed by atoms with Crippen LogP contribution in [0, 0.1) is 13.8 Å². The van der Waals surface area contributed by atoms with Crippen molar-refractivity contribution >= 4 is 142 Å². The van der Waals surface area contributed by atoms with Crippen molar-refractivity contribution in [2.75, 3.05) is 0 Å². The van der Waals surface area contributed by atoms with Crippen molar-refractivity contribution in [1.82, 2.24) is 27.4 Å². The molecule has 142 heavy (non-hydrogen) atoms. The number of rotatable bonds is 10. The van der Waals surface area contributed by atoms with Gasteiger partial charge in [0.2, 0.25) is 0 Å². The van der Waals surface area contributed by atoms with E-state index in [0.29, 0.717) is 36.3 Å². The fourth-order valence-corrected chi connectivity index (χ4v) is 21.7. The zero-order valence-electron chi connectivity index (χ0n) is 88.8. The predicted molar refractivity (Wildman–Crippen MR) is 622 cm³/mol. The van der Waals surface area contributed by atoms with E-state index in [1.165, 1.54) is 219 Å². The quantitative estimate of drug-likeness (QED) is 0.131. The molecule has 0 N–H and O–H groups in total. The van der Waals surface area contributed by atoms with E-state index in [4.69, 9.17) is 0 Å². The second-order valence-electron chi connectivity index (χ2n) is 45.3. The third-order valence-corrected chi connectivity index (χ3v) is 28.9. The fourth-order valence-electron chi connectivity index (χ4n) is 21.7. The van der Waals surface area contributed by atoms with Crippen LogP contribution in [0.5, 0.6) is 0 Å². The lowest BCUT2D eigenvalue weighted by molar-refractivity contribution is 0.590. The fraction of sp³-hybridized carbons (Fsp3) is 0.265. The van der Waals surface area contributed by atoms with E-state index in [-0.39, 0.29) is 21.7 Å². The summed E-state index contributed by atoms with van der Waals surface area (Å²) < 4.78 is 14.7. The van der Waals surface area contributed by atoms with Crippen LogP contribution < -0.4 is 0 Å². The Morgan fingerprint density at radius 1 is 0.155 bits per heavy atom. The topological polar surface area (TPSA) is 29.6 Å². The molecule has 6 heterocycles. The first-order chi connectivity index (χ1) is 67.8. The van der Waals surface area contributed by atoms with Gasteiger partial charge in [0.15, 0.2) is 0 Å². The largest absolute Gasteiger partial charge is 0.338 e. The van der Waals surface area contributed by atoms with Gasteiger partial charge >= 0.3 is 0 Å². The molecule has 0 amide bonds. The van der Waals surface area contributed by atoms with Gasteiger partial charge in [0.05, 0.1) is 5.52 Å². The molecule has 0 atom stereocenters. The van der Waals surface area contributed by atoms with Crippen LogP contribution in [0.15, 0.2) is 364 Å². The van der Waals surface area contributed by atoms with Crippen LogP contribution in [0.3, 0.4) is 0 Å². The van der Waals surface area contributed by atoms with Crippen LogP contribution in [0.4, 0.5) is 0 Å². The smallest absolute Gasteiger partial charge is 0.0573 e. The van der Waals surface area contributed by atoms with Crippen molar-refractivity contribution in [1.29, 1.82) is 0 Å². The predicted octanol–water partition coefficient (Wildman–Crippen LogP) is 39.9. The molecule has 0 radical (unpaired) electrons. The number of hydrogen-bond donors (Lipinski definition) is 0. The maximum atomic E-state index is 2.48. The van der Waals surface area contributed by atoms with Gasteiger partial charge in [-0.15, -0.1) is 0 Å². The monoisotopic (exact) mass is 1860 g/mol. The van der Waals surface area contributed by atoms with Crippen LogP contribution in [0.25, 0.3) is 186 Å². The average Bonchev–Trinajstić information content (AvgIpc) is 1.58. The molecule has 0 saturated heterocycles. The summed E-state index contributed by atoms with van der Waals surface area (Å²) in [6.45, 7) is 58.7. The lowest BCUT2D eigenvalue weighted by atomic mass is 9.85. The van der Waals surface area contributed by atoms with E-state index in [0.717, 1.165) is 0 Å². The maximum Gasteiger partial charge on any atom is 0.0573 e. The first kappa shape index (κ1) is 98.0. The minimum absolute atomic E-state index is 0.161. The Kier molecular flexibility index (Phi) is 27.2. The summed E-state index contributed by atoms with van der Waals surface area (Å²) in [6, 6.07) is 136. The Hall–Kier alpha value is -14.2. The molecule has 718 valence electrons. The number of benzene rings is 17. The molecule has 0 unspecified atom stereocenters. The Morgan fingerprint density at radius 3 is 0.676 bits per heavy atom. The Balaban J connectivity index is 0.000000115. The van der Waals surface area contributed by atoms with E-state index < -0.39 is 0 Å². The minimum atomic E-state index is 0.161. The van der Waals surface area contributed by atoms with Crippen molar-refractivity contribution in [3.63, 3.8) is 0 Å². The summed E-state index contributed by atoms with van der Waals surface area (Å²) in [5, 5.41) is 18.9. The standard InChI is InChI=1S/C35H39N.C27H23N.C23H31N.C19H17N.C17H19N.C15H15N/c1-23(2)36-32-19-13-26(24-9-15-28(16-10-24)34(3,4)5)21-30(32)31-22-27(14-20-33(31)36)25-11-17-29(18-12-25)35(6,7)8;1-19(2)28-26-15-13-22(20-9-5-3-6-10-20)17-24(26)25-18-23(14-16-27(25)28)21-11-7-4-8-12-21;1-15(2)24-20-11-9-16(22(3,4)5)13-18(20)19-14-17(23(6,7)8)10-12-21(19)24;1-13(2)20-18-10-6-5-9-16(18)17-12-11-14-7-3-4-8-15(14)19(17)20;1-11(2)18-16-7-5-12(3)9-14(16)15-10-13(4)6-8-17(15)18;1-11(2)16-14-9-5-3-7-12(14)13-8-4-6-10-15(13)16/h9-23H,1-8H3;3-19H,1-2H3;9-15H,1-8H3;3-13H,1-2H3;5-11H,1-4H3;3-11H,1-2H3. The molecule has 0 aliphatic heterocycles. The number of aromatic nitrogens is 6. The molecule has 0 spiro atoms. The van der Waals surface area contributed by atoms with Gasteiger partial charge in [-0.2, -0.15) is 0 Å². The Morgan fingerprint density at radius 2 is 0.373 bits per heavy atom. The normalized spacial score (nSPS) is 12.3. The zero-order chi connectivity index (χ0) is 100. The van der Waals surface area contributed by atoms with E-state index in [2.05, 4.69) is 571 Å². The van der Waals surface area contributed by atoms with Gasteiger partial charge in [-0.3, -0.25) is 0 Å². The van der Waals surface area contributed by atoms with Gasteiger partial charge in [0.25, 0.3) is 0 Å². The molecular weight excluding hydrogens is 1720 g/mol. The number of hydrogen-bond acceptors (Lipinski definition) is 0. The SMILES string of the molecule is CC(C)n1c2ccc(-c3ccc(C(C)(C)C)cc3)cc2c2cc(-c3ccc(C(C)(C)C)cc3)ccc21.CC(C)n1c2ccc(-c3ccccc3)cc2c2cc(-c3ccccc3)ccc21.CC(C)n1c2ccc(C(C)(C)C)cc2c2cc(C(C)(C)C)ccc21.CC(C)n1c2ccccc2c2ccc3ccccc3c21.CC(C)n1c2ccccc2c2ccccc21.Cc1ccc2c(c1)c1cc(C)ccc1n2C(C)C. The summed E-state index contributed by atoms with van der Waals surface area (Å²) >= 11 is 0. The number of nitrogens with zero attached hydrogens (tertiary/aromatic N) is 6. The lowest BCUT2D eigenvalue weighted by Gasteiger charge is -2.19. The maximum absolute atomic E-state index is 2.48. The van der Waals surface area contributed by atoms with Crippen LogP contribution in [0.2, 0.25) is 0 Å². The number of aryl methyl sites for hydroxylation is 2. The van der Waals surface area contributed by atoms with Gasteiger partial charge in [0.1, 0.15) is 0 Å². The third kappa shape index (κ3) is 19.3. The zero-order valence-corrected chi connectivity index (χ0v) is 88.8. The van der Waals surface area contributed by atoms with Gasteiger partial charge in [-0.05, 0) is 306 Å². The van der Waals surface area contributed by atoms with Gasteiger partial charge in [-0.25, -0.2) is 0 Å². The summed E-state index contributed by atoms with van der Waals surface area (Å²) in [6.07, 6.45) is 0. The second-order valence-corrected chi connectivity index (χ2v) is 45.3. The lowest BCUT2D eigenvalue weighted by Crippen LogP contribution is -2.10. The van der Waals surface area contributed by atoms with Crippen molar-refractivity contribution in [3.05, 3.63) is 397 Å². The van der Waals surface area contributed by atoms with E-state index in [9.17, 15) is 0 Å². The van der Waals surface area contributed by atoms with Crippen LogP contribution in [-0.4, -0.2) is 27.4 Å². The van der Waals surface area contributed by atoms with Crippen LogP contribution in [-0.2, 0) is 21.7 Å². The van der Waals surface area contributed by atoms with Crippen molar-refractivity contribution in [3.8, 4) is 44.5 Å². The Bertz CT molecular complexity index is 8150. The van der Waals surface area contributed by atoms with Crippen LogP contribution >= 0.6 is 0 Å². The molecule has 0 fully saturated rings. The molecule has 6 heteroatoms. The van der Waals surface area contributed by atoms with Crippen LogP contribution in [0.1, 0.15) is 236 Å². The first-order valence-electron chi connectivity index (χ1n) is 51.7. The molecule has 0 bridgehead atoms. The Labute approximate surface area is 842 Å². The summed E-state index contributed by atoms with van der Waals surface area (Å²) in [4.78, 5) is 0. The molecule has 0 aliphatic rings. The summed E-state index contributed by atoms with van der Waals surface area (Å²) in [5.74, 6) is 0. The number of fused-ring (bicyclic) bond motifs is 20. The van der Waals surface area contributed by atoms with E-state index in [1.807, 2.05) is 0 Å². The minimum Gasteiger partial charge on any atom is -0.338 e. The molecule has 0 aliphatic carbocycles. The average molecular weight is 1860 g/mol. The molecule has 17 aromatic carbocycles. The molecule has 6 aromatic heterocycles. The highest BCUT2D eigenvalue weighted by molar-refractivity contribution is 6.19. The second kappa shape index (κ2) is 39.4. The third-order valence-electron chi connectivity index (χ3n) is 28.9. The molecule has 23 aromatic rings. The molecule has 23 rings (SSSR count). The first-order valence-corrected chi connectivity index (χ1v) is 51.7.